The van der Waals surface area contributed by atoms with E-state index >= 15 is 0 Å². The molecule has 110 valence electrons. The third kappa shape index (κ3) is 3.93. The Morgan fingerprint density at radius 3 is 2.43 bits per heavy atom. The Morgan fingerprint density at radius 1 is 1.33 bits per heavy atom. The van der Waals surface area contributed by atoms with Crippen LogP contribution in [0.1, 0.15) is 21.1 Å². The number of nitrogens with zero attached hydrogens (tertiary/aromatic N) is 1. The van der Waals surface area contributed by atoms with Gasteiger partial charge in [-0.15, -0.1) is 11.3 Å². The number of nitrogens with one attached hydrogen (secondary N) is 1. The zero-order valence-corrected chi connectivity index (χ0v) is 13.1. The van der Waals surface area contributed by atoms with E-state index in [1.807, 2.05) is 6.92 Å². The highest BCUT2D eigenvalue weighted by Gasteiger charge is 2.15. The molecule has 0 aliphatic carbocycles. The van der Waals surface area contributed by atoms with Crippen LogP contribution in [0.15, 0.2) is 17.5 Å². The number of aryl methyl sites for hydroxylation is 1. The lowest BCUT2D eigenvalue weighted by Crippen LogP contribution is -2.15. The molecule has 2 rings (SSSR count). The molecule has 0 spiro atoms. The van der Waals surface area contributed by atoms with Gasteiger partial charge >= 0.3 is 5.97 Å². The Balaban J connectivity index is 2.15. The Hall–Kier alpha value is -1.63. The number of amides is 1. The highest BCUT2D eigenvalue weighted by Crippen LogP contribution is 2.32. The topological polar surface area (TPSA) is 79.3 Å². The van der Waals surface area contributed by atoms with Crippen LogP contribution >= 0.6 is 34.5 Å². The molecule has 8 heteroatoms. The highest BCUT2D eigenvalue weighted by molar-refractivity contribution is 7.09. The molecule has 0 aliphatic heterocycles. The van der Waals surface area contributed by atoms with Gasteiger partial charge in [-0.05, 0) is 19.1 Å². The van der Waals surface area contributed by atoms with Crippen LogP contribution in [0.5, 0.6) is 0 Å². The number of anilines is 1. The molecule has 1 aromatic carbocycles. The maximum Gasteiger partial charge on any atom is 0.335 e. The van der Waals surface area contributed by atoms with Crippen molar-refractivity contribution in [2.24, 2.45) is 0 Å². The first-order chi connectivity index (χ1) is 9.86. The SMILES string of the molecule is Cc1nc(CC(=O)Nc2c(Cl)cc(C(=O)O)cc2Cl)cs1. The van der Waals surface area contributed by atoms with Crippen LogP contribution in [-0.2, 0) is 11.2 Å². The van der Waals surface area contributed by atoms with Gasteiger partial charge in [0.15, 0.2) is 0 Å². The summed E-state index contributed by atoms with van der Waals surface area (Å²) in [6, 6.07) is 2.47. The maximum atomic E-state index is 11.9. The van der Waals surface area contributed by atoms with Crippen LogP contribution in [0.25, 0.3) is 0 Å². The van der Waals surface area contributed by atoms with E-state index in [0.29, 0.717) is 5.69 Å². The van der Waals surface area contributed by atoms with Crippen molar-refractivity contribution in [3.05, 3.63) is 43.8 Å². The second-order valence-corrected chi connectivity index (χ2v) is 6.08. The zero-order valence-electron chi connectivity index (χ0n) is 10.8. The molecule has 0 saturated heterocycles. The molecule has 21 heavy (non-hydrogen) atoms. The number of rotatable bonds is 4. The molecular formula is C13H10Cl2N2O3S. The molecule has 1 amide bonds. The summed E-state index contributed by atoms with van der Waals surface area (Å²) in [5.74, 6) is -1.47. The molecule has 1 aromatic heterocycles. The molecule has 0 atom stereocenters. The van der Waals surface area contributed by atoms with Crippen LogP contribution < -0.4 is 5.32 Å². The van der Waals surface area contributed by atoms with E-state index in [1.165, 1.54) is 23.5 Å². The minimum absolute atomic E-state index is 0.0434. The standard InChI is InChI=1S/C13H10Cl2N2O3S/c1-6-16-8(5-21-6)4-11(18)17-12-9(14)2-7(13(19)20)3-10(12)15/h2-3,5H,4H2,1H3,(H,17,18)(H,19,20). The molecule has 0 bridgehead atoms. The minimum atomic E-state index is -1.14. The second-order valence-electron chi connectivity index (χ2n) is 4.20. The lowest BCUT2D eigenvalue weighted by Gasteiger charge is -2.09. The predicted octanol–water partition coefficient (Wildman–Crippen LogP) is 3.64. The van der Waals surface area contributed by atoms with E-state index in [4.69, 9.17) is 28.3 Å². The van der Waals surface area contributed by atoms with E-state index in [2.05, 4.69) is 10.3 Å². The van der Waals surface area contributed by atoms with Crippen molar-refractivity contribution in [2.75, 3.05) is 5.32 Å². The Kier molecular flexibility index (Phi) is 4.82. The van der Waals surface area contributed by atoms with Gasteiger partial charge in [-0.25, -0.2) is 9.78 Å². The van der Waals surface area contributed by atoms with Crippen molar-refractivity contribution in [3.63, 3.8) is 0 Å². The molecule has 0 fully saturated rings. The summed E-state index contributed by atoms with van der Waals surface area (Å²) in [6.45, 7) is 1.85. The summed E-state index contributed by atoms with van der Waals surface area (Å²) in [4.78, 5) is 27.0. The van der Waals surface area contributed by atoms with Crippen molar-refractivity contribution in [3.8, 4) is 0 Å². The molecule has 2 aromatic rings. The number of aromatic carboxylic acids is 1. The molecule has 1 heterocycles. The number of carbonyl (C=O) groups is 2. The number of benzene rings is 1. The van der Waals surface area contributed by atoms with Gasteiger partial charge in [0.25, 0.3) is 0 Å². The molecule has 0 unspecified atom stereocenters. The largest absolute Gasteiger partial charge is 0.478 e. The van der Waals surface area contributed by atoms with E-state index in [1.54, 1.807) is 5.38 Å². The summed E-state index contributed by atoms with van der Waals surface area (Å²) in [6.07, 6.45) is 0.0949. The summed E-state index contributed by atoms with van der Waals surface area (Å²) >= 11 is 13.4. The molecule has 0 radical (unpaired) electrons. The van der Waals surface area contributed by atoms with Crippen LogP contribution in [-0.4, -0.2) is 22.0 Å². The fraction of sp³-hybridized carbons (Fsp3) is 0.154. The normalized spacial score (nSPS) is 10.4. The number of aromatic nitrogens is 1. The summed E-state index contributed by atoms with van der Waals surface area (Å²) in [7, 11) is 0. The Labute approximate surface area is 134 Å². The minimum Gasteiger partial charge on any atom is -0.478 e. The van der Waals surface area contributed by atoms with Crippen molar-refractivity contribution in [1.29, 1.82) is 0 Å². The Morgan fingerprint density at radius 2 is 1.95 bits per heavy atom. The smallest absolute Gasteiger partial charge is 0.335 e. The number of hydrogen-bond acceptors (Lipinski definition) is 4. The van der Waals surface area contributed by atoms with Gasteiger partial charge < -0.3 is 10.4 Å². The van der Waals surface area contributed by atoms with Crippen LogP contribution in [0, 0.1) is 6.92 Å². The molecule has 5 nitrogen and oxygen atoms in total. The number of halogens is 2. The zero-order chi connectivity index (χ0) is 15.6. The fourth-order valence-electron chi connectivity index (χ4n) is 1.65. The van der Waals surface area contributed by atoms with Gasteiger partial charge in [-0.3, -0.25) is 4.79 Å². The monoisotopic (exact) mass is 344 g/mol. The first-order valence-electron chi connectivity index (χ1n) is 5.80. The predicted molar refractivity (Wildman–Crippen MR) is 82.6 cm³/mol. The van der Waals surface area contributed by atoms with Crippen LogP contribution in [0.3, 0.4) is 0 Å². The molecule has 0 saturated carbocycles. The lowest BCUT2D eigenvalue weighted by atomic mass is 10.2. The van der Waals surface area contributed by atoms with E-state index in [0.717, 1.165) is 5.01 Å². The first kappa shape index (κ1) is 15.8. The molecule has 2 N–H and O–H groups in total. The number of carboxylic acids is 1. The average molecular weight is 345 g/mol. The van der Waals surface area contributed by atoms with Crippen molar-refractivity contribution in [1.82, 2.24) is 4.98 Å². The first-order valence-corrected chi connectivity index (χ1v) is 7.43. The van der Waals surface area contributed by atoms with E-state index < -0.39 is 5.97 Å². The highest BCUT2D eigenvalue weighted by atomic mass is 35.5. The summed E-state index contributed by atoms with van der Waals surface area (Å²) < 4.78 is 0. The summed E-state index contributed by atoms with van der Waals surface area (Å²) in [5, 5.41) is 14.3. The van der Waals surface area contributed by atoms with Gasteiger partial charge in [-0.2, -0.15) is 0 Å². The number of hydrogen-bond donors (Lipinski definition) is 2. The van der Waals surface area contributed by atoms with Crippen molar-refractivity contribution in [2.45, 2.75) is 13.3 Å². The van der Waals surface area contributed by atoms with Crippen LogP contribution in [0.2, 0.25) is 10.0 Å². The lowest BCUT2D eigenvalue weighted by molar-refractivity contribution is -0.115. The van der Waals surface area contributed by atoms with Crippen molar-refractivity contribution >= 4 is 52.1 Å². The van der Waals surface area contributed by atoms with Gasteiger partial charge in [-0.1, -0.05) is 23.2 Å². The van der Waals surface area contributed by atoms with E-state index in [-0.39, 0.29) is 33.6 Å². The number of carbonyl (C=O) groups excluding carboxylic acids is 1. The van der Waals surface area contributed by atoms with Gasteiger partial charge in [0.2, 0.25) is 5.91 Å². The molecule has 0 aliphatic rings. The van der Waals surface area contributed by atoms with Gasteiger partial charge in [0, 0.05) is 5.38 Å². The summed E-state index contributed by atoms with van der Waals surface area (Å²) in [5.41, 5.74) is 0.808. The second kappa shape index (κ2) is 6.43. The number of carboxylic acid groups (broad SMARTS) is 1. The van der Waals surface area contributed by atoms with Crippen molar-refractivity contribution < 1.29 is 14.7 Å². The van der Waals surface area contributed by atoms with Gasteiger partial charge in [0.05, 0.1) is 38.4 Å². The quantitative estimate of drug-likeness (QED) is 0.887. The van der Waals surface area contributed by atoms with Gasteiger partial charge in [0.1, 0.15) is 0 Å². The fourth-order valence-corrected chi connectivity index (χ4v) is 2.85. The Bertz CT molecular complexity index is 692. The van der Waals surface area contributed by atoms with E-state index in [9.17, 15) is 9.59 Å². The molecular weight excluding hydrogens is 335 g/mol. The third-order valence-corrected chi connectivity index (χ3v) is 3.98. The van der Waals surface area contributed by atoms with Crippen LogP contribution in [0.4, 0.5) is 5.69 Å². The maximum absolute atomic E-state index is 11.9. The third-order valence-electron chi connectivity index (χ3n) is 2.56. The average Bonchev–Trinajstić information content (AvgIpc) is 2.78. The number of thiazole rings is 1.